The third-order valence-electron chi connectivity index (χ3n) is 4.24. The lowest BCUT2D eigenvalue weighted by molar-refractivity contribution is 0.461. The first-order valence-corrected chi connectivity index (χ1v) is 7.88. The second-order valence-electron chi connectivity index (χ2n) is 5.78. The molecule has 1 aromatic carbocycles. The SMILES string of the molecule is NCc1cc(-c2ccccc2)cnc1NC1CCCCC1. The van der Waals surface area contributed by atoms with Crippen molar-refractivity contribution in [2.45, 2.75) is 44.7 Å². The van der Waals surface area contributed by atoms with Crippen molar-refractivity contribution >= 4 is 5.82 Å². The fourth-order valence-electron chi connectivity index (χ4n) is 3.02. The van der Waals surface area contributed by atoms with Gasteiger partial charge in [-0.15, -0.1) is 0 Å². The van der Waals surface area contributed by atoms with E-state index in [1.54, 1.807) is 0 Å². The molecule has 1 fully saturated rings. The normalized spacial score (nSPS) is 15.9. The predicted octanol–water partition coefficient (Wildman–Crippen LogP) is 3.95. The molecule has 3 nitrogen and oxygen atoms in total. The number of pyridine rings is 1. The molecule has 3 rings (SSSR count). The zero-order valence-corrected chi connectivity index (χ0v) is 12.4. The van der Waals surface area contributed by atoms with E-state index in [9.17, 15) is 0 Å². The average molecular weight is 281 g/mol. The van der Waals surface area contributed by atoms with Gasteiger partial charge in [0, 0.05) is 29.9 Å². The fourth-order valence-corrected chi connectivity index (χ4v) is 3.02. The third kappa shape index (κ3) is 3.42. The fraction of sp³-hybridized carbons (Fsp3) is 0.389. The van der Waals surface area contributed by atoms with Crippen molar-refractivity contribution in [2.24, 2.45) is 5.73 Å². The number of benzene rings is 1. The smallest absolute Gasteiger partial charge is 0.130 e. The summed E-state index contributed by atoms with van der Waals surface area (Å²) >= 11 is 0. The minimum Gasteiger partial charge on any atom is -0.367 e. The van der Waals surface area contributed by atoms with Gasteiger partial charge in [0.2, 0.25) is 0 Å². The van der Waals surface area contributed by atoms with Gasteiger partial charge >= 0.3 is 0 Å². The highest BCUT2D eigenvalue weighted by Crippen LogP contribution is 2.26. The van der Waals surface area contributed by atoms with Crippen LogP contribution in [0, 0.1) is 0 Å². The van der Waals surface area contributed by atoms with Crippen molar-refractivity contribution in [3.05, 3.63) is 48.2 Å². The highest BCUT2D eigenvalue weighted by atomic mass is 15.0. The summed E-state index contributed by atoms with van der Waals surface area (Å²) in [4.78, 5) is 4.63. The molecular formula is C18H23N3. The highest BCUT2D eigenvalue weighted by Gasteiger charge is 2.15. The van der Waals surface area contributed by atoms with Crippen LogP contribution in [-0.2, 0) is 6.54 Å². The minimum atomic E-state index is 0.517. The number of nitrogens with zero attached hydrogens (tertiary/aromatic N) is 1. The molecule has 1 aliphatic carbocycles. The van der Waals surface area contributed by atoms with E-state index in [0.717, 1.165) is 16.9 Å². The van der Waals surface area contributed by atoms with E-state index >= 15 is 0 Å². The number of nitrogens with one attached hydrogen (secondary N) is 1. The zero-order chi connectivity index (χ0) is 14.5. The van der Waals surface area contributed by atoms with Gasteiger partial charge in [0.05, 0.1) is 0 Å². The highest BCUT2D eigenvalue weighted by molar-refractivity contribution is 5.65. The van der Waals surface area contributed by atoms with E-state index < -0.39 is 0 Å². The molecule has 0 atom stereocenters. The Morgan fingerprint density at radius 3 is 2.52 bits per heavy atom. The van der Waals surface area contributed by atoms with Crippen LogP contribution in [0.5, 0.6) is 0 Å². The summed E-state index contributed by atoms with van der Waals surface area (Å²) in [6.45, 7) is 0.517. The quantitative estimate of drug-likeness (QED) is 0.892. The summed E-state index contributed by atoms with van der Waals surface area (Å²) in [7, 11) is 0. The van der Waals surface area contributed by atoms with Crippen LogP contribution in [0.1, 0.15) is 37.7 Å². The number of aromatic nitrogens is 1. The molecular weight excluding hydrogens is 258 g/mol. The Balaban J connectivity index is 1.82. The molecule has 110 valence electrons. The largest absolute Gasteiger partial charge is 0.367 e. The maximum atomic E-state index is 5.92. The molecule has 1 aliphatic rings. The Labute approximate surface area is 126 Å². The van der Waals surface area contributed by atoms with Crippen LogP contribution >= 0.6 is 0 Å². The maximum Gasteiger partial charge on any atom is 0.130 e. The van der Waals surface area contributed by atoms with E-state index in [1.165, 1.54) is 37.7 Å². The lowest BCUT2D eigenvalue weighted by Crippen LogP contribution is -2.24. The predicted molar refractivity (Wildman–Crippen MR) is 88.1 cm³/mol. The summed E-state index contributed by atoms with van der Waals surface area (Å²) in [5, 5.41) is 3.59. The van der Waals surface area contributed by atoms with Crippen molar-refractivity contribution < 1.29 is 0 Å². The molecule has 21 heavy (non-hydrogen) atoms. The summed E-state index contributed by atoms with van der Waals surface area (Å²) in [6.07, 6.45) is 8.43. The summed E-state index contributed by atoms with van der Waals surface area (Å²) in [5.41, 5.74) is 9.34. The van der Waals surface area contributed by atoms with Crippen LogP contribution < -0.4 is 11.1 Å². The van der Waals surface area contributed by atoms with Gasteiger partial charge in [0.25, 0.3) is 0 Å². The first-order chi connectivity index (χ1) is 10.4. The molecule has 0 aliphatic heterocycles. The number of nitrogens with two attached hydrogens (primary N) is 1. The third-order valence-corrected chi connectivity index (χ3v) is 4.24. The van der Waals surface area contributed by atoms with Gasteiger partial charge in [0.15, 0.2) is 0 Å². The van der Waals surface area contributed by atoms with Gasteiger partial charge in [-0.3, -0.25) is 0 Å². The number of hydrogen-bond donors (Lipinski definition) is 2. The first kappa shape index (κ1) is 14.1. The van der Waals surface area contributed by atoms with Gasteiger partial charge in [-0.1, -0.05) is 49.6 Å². The Morgan fingerprint density at radius 1 is 1.05 bits per heavy atom. The molecule has 1 saturated carbocycles. The molecule has 0 spiro atoms. The maximum absolute atomic E-state index is 5.92. The Morgan fingerprint density at radius 2 is 1.81 bits per heavy atom. The molecule has 0 radical (unpaired) electrons. The molecule has 0 bridgehead atoms. The van der Waals surface area contributed by atoms with Gasteiger partial charge in [-0.25, -0.2) is 4.98 Å². The van der Waals surface area contributed by atoms with E-state index in [-0.39, 0.29) is 0 Å². The lowest BCUT2D eigenvalue weighted by atomic mass is 9.95. The molecule has 3 heteroatoms. The lowest BCUT2D eigenvalue weighted by Gasteiger charge is -2.24. The molecule has 0 amide bonds. The average Bonchev–Trinajstić information content (AvgIpc) is 2.57. The standard InChI is InChI=1S/C18H23N3/c19-12-15-11-16(14-7-3-1-4-8-14)13-20-18(15)21-17-9-5-2-6-10-17/h1,3-4,7-8,11,13,17H,2,5-6,9-10,12,19H2,(H,20,21). The molecule has 1 aromatic heterocycles. The van der Waals surface area contributed by atoms with Crippen molar-refractivity contribution in [2.75, 3.05) is 5.32 Å². The molecule has 0 saturated heterocycles. The van der Waals surface area contributed by atoms with Crippen molar-refractivity contribution in [3.63, 3.8) is 0 Å². The Hall–Kier alpha value is -1.87. The Kier molecular flexibility index (Phi) is 4.51. The number of hydrogen-bond acceptors (Lipinski definition) is 3. The van der Waals surface area contributed by atoms with Crippen molar-refractivity contribution in [3.8, 4) is 11.1 Å². The minimum absolute atomic E-state index is 0.517. The van der Waals surface area contributed by atoms with E-state index in [2.05, 4.69) is 28.5 Å². The molecule has 0 unspecified atom stereocenters. The van der Waals surface area contributed by atoms with E-state index in [1.807, 2.05) is 24.4 Å². The number of rotatable bonds is 4. The first-order valence-electron chi connectivity index (χ1n) is 7.88. The molecule has 1 heterocycles. The van der Waals surface area contributed by atoms with Crippen LogP contribution in [-0.4, -0.2) is 11.0 Å². The van der Waals surface area contributed by atoms with Crippen LogP contribution in [0.2, 0.25) is 0 Å². The monoisotopic (exact) mass is 281 g/mol. The number of anilines is 1. The summed E-state index contributed by atoms with van der Waals surface area (Å²) < 4.78 is 0. The molecule has 2 aromatic rings. The summed E-state index contributed by atoms with van der Waals surface area (Å²) in [5.74, 6) is 0.962. The van der Waals surface area contributed by atoms with Gasteiger partial charge in [0.1, 0.15) is 5.82 Å². The second kappa shape index (κ2) is 6.72. The summed E-state index contributed by atoms with van der Waals surface area (Å²) in [6, 6.07) is 13.0. The van der Waals surface area contributed by atoms with Crippen LogP contribution in [0.15, 0.2) is 42.6 Å². The van der Waals surface area contributed by atoms with Gasteiger partial charge < -0.3 is 11.1 Å². The second-order valence-corrected chi connectivity index (χ2v) is 5.78. The van der Waals surface area contributed by atoms with Crippen LogP contribution in [0.4, 0.5) is 5.82 Å². The topological polar surface area (TPSA) is 50.9 Å². The van der Waals surface area contributed by atoms with E-state index in [0.29, 0.717) is 12.6 Å². The van der Waals surface area contributed by atoms with Gasteiger partial charge in [-0.05, 0) is 24.5 Å². The molecule has 3 N–H and O–H groups in total. The van der Waals surface area contributed by atoms with Crippen molar-refractivity contribution in [1.82, 2.24) is 4.98 Å². The van der Waals surface area contributed by atoms with Crippen LogP contribution in [0.25, 0.3) is 11.1 Å². The van der Waals surface area contributed by atoms with Crippen LogP contribution in [0.3, 0.4) is 0 Å². The van der Waals surface area contributed by atoms with Gasteiger partial charge in [-0.2, -0.15) is 0 Å². The zero-order valence-electron chi connectivity index (χ0n) is 12.4. The van der Waals surface area contributed by atoms with Crippen molar-refractivity contribution in [1.29, 1.82) is 0 Å². The Bertz CT molecular complexity index is 574. The van der Waals surface area contributed by atoms with E-state index in [4.69, 9.17) is 5.73 Å².